The van der Waals surface area contributed by atoms with Crippen molar-refractivity contribution in [3.63, 3.8) is 0 Å². The fourth-order valence-corrected chi connectivity index (χ4v) is 1.77. The summed E-state index contributed by atoms with van der Waals surface area (Å²) in [7, 11) is 0. The molecule has 0 aliphatic carbocycles. The molecule has 1 nitrogen and oxygen atoms in total. The van der Waals surface area contributed by atoms with Gasteiger partial charge in [0.2, 0.25) is 0 Å². The van der Waals surface area contributed by atoms with Gasteiger partial charge in [-0.25, -0.2) is 0 Å². The fourth-order valence-electron chi connectivity index (χ4n) is 1.46. The average Bonchev–Trinajstić information content (AvgIpc) is 2.29. The molecule has 0 aromatic heterocycles. The number of alkyl halides is 2. The van der Waals surface area contributed by atoms with Gasteiger partial charge in [-0.05, 0) is 25.0 Å². The Morgan fingerprint density at radius 1 is 0.938 bits per heavy atom. The van der Waals surface area contributed by atoms with Crippen LogP contribution in [-0.4, -0.2) is 11.4 Å². The minimum atomic E-state index is -0.208. The van der Waals surface area contributed by atoms with Gasteiger partial charge in [0.15, 0.2) is 0 Å². The molecule has 0 N–H and O–H groups in total. The number of hydrogen-bond acceptors (Lipinski definition) is 1. The Hall–Kier alpha value is -0.400. The Morgan fingerprint density at radius 3 is 2.31 bits per heavy atom. The molecule has 0 bridgehead atoms. The zero-order valence-corrected chi connectivity index (χ0v) is 10.9. The van der Waals surface area contributed by atoms with E-state index in [2.05, 4.69) is 0 Å². The molecule has 0 aliphatic rings. The summed E-state index contributed by atoms with van der Waals surface area (Å²) < 4.78 is 5.58. The Morgan fingerprint density at radius 2 is 1.62 bits per heavy atom. The van der Waals surface area contributed by atoms with E-state index in [1.807, 2.05) is 30.3 Å². The second-order valence-electron chi connectivity index (χ2n) is 3.76. The van der Waals surface area contributed by atoms with Gasteiger partial charge in [-0.15, -0.1) is 23.2 Å². The molecule has 1 rings (SSSR count). The van der Waals surface area contributed by atoms with E-state index in [9.17, 15) is 0 Å². The summed E-state index contributed by atoms with van der Waals surface area (Å²) in [5.41, 5.74) is 0. The van der Waals surface area contributed by atoms with E-state index >= 15 is 0 Å². The predicted molar refractivity (Wildman–Crippen MR) is 70.5 cm³/mol. The lowest BCUT2D eigenvalue weighted by molar-refractivity contribution is 0.304. The van der Waals surface area contributed by atoms with E-state index in [1.54, 1.807) is 0 Å². The highest BCUT2D eigenvalue weighted by atomic mass is 35.5. The normalized spacial score (nSPS) is 10.7. The van der Waals surface area contributed by atoms with Crippen LogP contribution >= 0.6 is 23.2 Å². The predicted octanol–water partition coefficient (Wildman–Crippen LogP) is 4.82. The van der Waals surface area contributed by atoms with E-state index in [1.165, 1.54) is 12.8 Å². The van der Waals surface area contributed by atoms with Crippen molar-refractivity contribution in [1.29, 1.82) is 0 Å². The molecule has 0 fully saturated rings. The first-order chi connectivity index (χ1) is 7.79. The Balaban J connectivity index is 1.93. The number of unbranched alkanes of at least 4 members (excludes halogenated alkanes) is 3. The van der Waals surface area contributed by atoms with E-state index in [0.29, 0.717) is 0 Å². The van der Waals surface area contributed by atoms with Crippen LogP contribution in [0.5, 0.6) is 5.75 Å². The van der Waals surface area contributed by atoms with Gasteiger partial charge in [-0.3, -0.25) is 0 Å². The van der Waals surface area contributed by atoms with Crippen LogP contribution in [0.15, 0.2) is 30.3 Å². The topological polar surface area (TPSA) is 9.23 Å². The van der Waals surface area contributed by atoms with Crippen LogP contribution in [0.25, 0.3) is 0 Å². The highest BCUT2D eigenvalue weighted by Crippen LogP contribution is 2.13. The summed E-state index contributed by atoms with van der Waals surface area (Å²) in [6, 6.07) is 9.91. The first-order valence-corrected chi connectivity index (χ1v) is 6.62. The molecule has 0 saturated heterocycles. The maximum absolute atomic E-state index is 5.64. The summed E-state index contributed by atoms with van der Waals surface area (Å²) in [5.74, 6) is 0.948. The minimum absolute atomic E-state index is 0.208. The molecule has 0 unspecified atom stereocenters. The van der Waals surface area contributed by atoms with Crippen LogP contribution in [0, 0.1) is 0 Å². The third-order valence-electron chi connectivity index (χ3n) is 2.33. The number of hydrogen-bond donors (Lipinski definition) is 0. The molecule has 0 atom stereocenters. The number of rotatable bonds is 8. The van der Waals surface area contributed by atoms with Crippen LogP contribution in [0.1, 0.15) is 32.1 Å². The van der Waals surface area contributed by atoms with Gasteiger partial charge in [0, 0.05) is 0 Å². The molecule has 0 radical (unpaired) electrons. The summed E-state index contributed by atoms with van der Waals surface area (Å²) in [6.45, 7) is 0.787. The van der Waals surface area contributed by atoms with Gasteiger partial charge in [0.25, 0.3) is 0 Å². The number of benzene rings is 1. The van der Waals surface area contributed by atoms with Crippen molar-refractivity contribution >= 4 is 23.2 Å². The van der Waals surface area contributed by atoms with Crippen molar-refractivity contribution in [2.45, 2.75) is 36.9 Å². The molecule has 16 heavy (non-hydrogen) atoms. The lowest BCUT2D eigenvalue weighted by Gasteiger charge is -2.05. The van der Waals surface area contributed by atoms with Gasteiger partial charge in [-0.2, -0.15) is 0 Å². The molecule has 1 aromatic carbocycles. The van der Waals surface area contributed by atoms with Gasteiger partial charge in [0.05, 0.1) is 6.61 Å². The minimum Gasteiger partial charge on any atom is -0.494 e. The summed E-state index contributed by atoms with van der Waals surface area (Å²) in [5, 5.41) is 0. The SMILES string of the molecule is ClC(Cl)CCCCCCOc1ccccc1. The summed E-state index contributed by atoms with van der Waals surface area (Å²) in [4.78, 5) is -0.208. The second-order valence-corrected chi connectivity index (χ2v) is 5.03. The van der Waals surface area contributed by atoms with Crippen LogP contribution in [0.2, 0.25) is 0 Å². The Bertz CT molecular complexity index is 262. The summed E-state index contributed by atoms with van der Waals surface area (Å²) in [6.07, 6.45) is 5.43. The van der Waals surface area contributed by atoms with Gasteiger partial charge < -0.3 is 4.74 Å². The lowest BCUT2D eigenvalue weighted by Crippen LogP contribution is -1.97. The molecular weight excluding hydrogens is 243 g/mol. The number of halogens is 2. The molecule has 90 valence electrons. The van der Waals surface area contributed by atoms with Crippen LogP contribution in [0.4, 0.5) is 0 Å². The monoisotopic (exact) mass is 260 g/mol. The van der Waals surface area contributed by atoms with Crippen molar-refractivity contribution in [1.82, 2.24) is 0 Å². The van der Waals surface area contributed by atoms with Gasteiger partial charge in [-0.1, -0.05) is 37.5 Å². The zero-order valence-electron chi connectivity index (χ0n) is 9.37. The van der Waals surface area contributed by atoms with Crippen molar-refractivity contribution < 1.29 is 4.74 Å². The first-order valence-electron chi connectivity index (χ1n) is 5.75. The maximum atomic E-state index is 5.64. The molecule has 0 amide bonds. The Kier molecular flexibility index (Phi) is 7.45. The number of ether oxygens (including phenoxy) is 1. The quantitative estimate of drug-likeness (QED) is 0.481. The van der Waals surface area contributed by atoms with Gasteiger partial charge >= 0.3 is 0 Å². The molecular formula is C13H18Cl2O. The van der Waals surface area contributed by atoms with Crippen LogP contribution in [0.3, 0.4) is 0 Å². The number of para-hydroxylation sites is 1. The van der Waals surface area contributed by atoms with E-state index in [0.717, 1.165) is 31.6 Å². The fraction of sp³-hybridized carbons (Fsp3) is 0.538. The van der Waals surface area contributed by atoms with Crippen LogP contribution in [-0.2, 0) is 0 Å². The lowest BCUT2D eigenvalue weighted by atomic mass is 10.2. The van der Waals surface area contributed by atoms with Crippen LogP contribution < -0.4 is 4.74 Å². The molecule has 0 heterocycles. The largest absolute Gasteiger partial charge is 0.494 e. The van der Waals surface area contributed by atoms with E-state index in [4.69, 9.17) is 27.9 Å². The highest BCUT2D eigenvalue weighted by molar-refractivity contribution is 6.44. The molecule has 0 saturated carbocycles. The maximum Gasteiger partial charge on any atom is 0.119 e. The average molecular weight is 261 g/mol. The third kappa shape index (κ3) is 6.97. The van der Waals surface area contributed by atoms with Crippen molar-refractivity contribution in [2.75, 3.05) is 6.61 Å². The third-order valence-corrected chi connectivity index (χ3v) is 2.77. The van der Waals surface area contributed by atoms with Gasteiger partial charge in [0.1, 0.15) is 10.6 Å². The van der Waals surface area contributed by atoms with Crippen molar-refractivity contribution in [3.8, 4) is 5.75 Å². The molecule has 1 aromatic rings. The molecule has 0 aliphatic heterocycles. The first kappa shape index (κ1) is 13.7. The zero-order chi connectivity index (χ0) is 11.6. The summed E-state index contributed by atoms with van der Waals surface area (Å²) >= 11 is 11.3. The smallest absolute Gasteiger partial charge is 0.119 e. The van der Waals surface area contributed by atoms with Crippen molar-refractivity contribution in [3.05, 3.63) is 30.3 Å². The molecule has 0 spiro atoms. The Labute approximate surface area is 108 Å². The standard InChI is InChI=1S/C13H18Cl2O/c14-13(15)10-6-1-2-7-11-16-12-8-4-3-5-9-12/h3-5,8-9,13H,1-2,6-7,10-11H2. The second kappa shape index (κ2) is 8.72. The molecule has 3 heteroatoms. The van der Waals surface area contributed by atoms with E-state index < -0.39 is 0 Å². The van der Waals surface area contributed by atoms with E-state index in [-0.39, 0.29) is 4.84 Å². The highest BCUT2D eigenvalue weighted by Gasteiger charge is 1.98. The van der Waals surface area contributed by atoms with Crippen molar-refractivity contribution in [2.24, 2.45) is 0 Å².